The maximum atomic E-state index is 11.9. The van der Waals surface area contributed by atoms with Crippen molar-refractivity contribution in [1.29, 1.82) is 0 Å². The summed E-state index contributed by atoms with van der Waals surface area (Å²) in [6.45, 7) is 4.52. The lowest BCUT2D eigenvalue weighted by molar-refractivity contribution is 0.468. The average Bonchev–Trinajstić information content (AvgIpc) is 2.70. The van der Waals surface area contributed by atoms with E-state index in [1.807, 2.05) is 0 Å². The van der Waals surface area contributed by atoms with Gasteiger partial charge in [0.2, 0.25) is 0 Å². The van der Waals surface area contributed by atoms with Crippen molar-refractivity contribution in [3.05, 3.63) is 64.0 Å². The first-order valence-corrected chi connectivity index (χ1v) is 9.46. The number of anilines is 2. The van der Waals surface area contributed by atoms with Gasteiger partial charge in [-0.25, -0.2) is 4.79 Å². The van der Waals surface area contributed by atoms with Crippen molar-refractivity contribution in [2.24, 2.45) is 0 Å². The number of phenols is 1. The van der Waals surface area contributed by atoms with Gasteiger partial charge in [-0.1, -0.05) is 0 Å². The van der Waals surface area contributed by atoms with E-state index in [-0.39, 0.29) is 5.75 Å². The zero-order valence-electron chi connectivity index (χ0n) is 15.5. The van der Waals surface area contributed by atoms with Crippen molar-refractivity contribution in [3.63, 3.8) is 0 Å². The van der Waals surface area contributed by atoms with Crippen LogP contribution in [0.3, 0.4) is 0 Å². The quantitative estimate of drug-likeness (QED) is 0.671. The predicted molar refractivity (Wildman–Crippen MR) is 109 cm³/mol. The standard InChI is InChI=1S/C22H24N2O3/c1-15-20(25)10-9-19-16(13-21(26)27-22(15)19)14-23-17-5-7-18(8-6-17)24-11-3-2-4-12-24/h5-10,13,23,25H,2-4,11-12,14H2,1H3. The van der Waals surface area contributed by atoms with Crippen LogP contribution in [0.25, 0.3) is 11.0 Å². The van der Waals surface area contributed by atoms with E-state index < -0.39 is 5.63 Å². The molecular formula is C22H24N2O3. The number of aromatic hydroxyl groups is 1. The number of rotatable bonds is 4. The van der Waals surface area contributed by atoms with Gasteiger partial charge in [-0.05, 0) is 68.1 Å². The molecule has 1 aromatic heterocycles. The normalized spacial score (nSPS) is 14.5. The lowest BCUT2D eigenvalue weighted by Crippen LogP contribution is -2.29. The topological polar surface area (TPSA) is 65.7 Å². The third-order valence-electron chi connectivity index (χ3n) is 5.29. The van der Waals surface area contributed by atoms with Gasteiger partial charge in [0.1, 0.15) is 11.3 Å². The second-order valence-corrected chi connectivity index (χ2v) is 7.13. The number of nitrogens with zero attached hydrogens (tertiary/aromatic N) is 1. The number of piperidine rings is 1. The summed E-state index contributed by atoms with van der Waals surface area (Å²) in [5.41, 5.74) is 3.74. The van der Waals surface area contributed by atoms with Crippen LogP contribution in [0.2, 0.25) is 0 Å². The van der Waals surface area contributed by atoms with Gasteiger partial charge in [-0.15, -0.1) is 0 Å². The second kappa shape index (κ2) is 7.35. The predicted octanol–water partition coefficient (Wildman–Crippen LogP) is 4.41. The molecule has 140 valence electrons. The van der Waals surface area contributed by atoms with Crippen molar-refractivity contribution in [2.75, 3.05) is 23.3 Å². The van der Waals surface area contributed by atoms with Crippen LogP contribution in [-0.2, 0) is 6.54 Å². The summed E-state index contributed by atoms with van der Waals surface area (Å²) in [6, 6.07) is 13.4. The molecule has 0 unspecified atom stereocenters. The molecule has 5 nitrogen and oxygen atoms in total. The fourth-order valence-corrected chi connectivity index (χ4v) is 3.70. The Bertz CT molecular complexity index is 1000. The average molecular weight is 364 g/mol. The van der Waals surface area contributed by atoms with Crippen LogP contribution in [0.15, 0.2) is 51.7 Å². The summed E-state index contributed by atoms with van der Waals surface area (Å²) < 4.78 is 5.30. The molecule has 0 saturated carbocycles. The van der Waals surface area contributed by atoms with Gasteiger partial charge in [0.25, 0.3) is 0 Å². The van der Waals surface area contributed by atoms with Gasteiger partial charge in [0, 0.05) is 48.0 Å². The van der Waals surface area contributed by atoms with Crippen LogP contribution in [0.4, 0.5) is 11.4 Å². The molecule has 1 fully saturated rings. The molecule has 1 saturated heterocycles. The molecule has 1 aliphatic heterocycles. The van der Waals surface area contributed by atoms with Crippen molar-refractivity contribution in [1.82, 2.24) is 0 Å². The van der Waals surface area contributed by atoms with Crippen LogP contribution in [0.1, 0.15) is 30.4 Å². The maximum Gasteiger partial charge on any atom is 0.336 e. The number of hydrogen-bond acceptors (Lipinski definition) is 5. The Labute approximate surface area is 158 Å². The minimum Gasteiger partial charge on any atom is -0.508 e. The van der Waals surface area contributed by atoms with Gasteiger partial charge < -0.3 is 19.7 Å². The molecule has 2 N–H and O–H groups in total. The van der Waals surface area contributed by atoms with Crippen LogP contribution in [-0.4, -0.2) is 18.2 Å². The highest BCUT2D eigenvalue weighted by molar-refractivity contribution is 5.85. The largest absolute Gasteiger partial charge is 0.508 e. The van der Waals surface area contributed by atoms with Crippen LogP contribution in [0.5, 0.6) is 5.75 Å². The van der Waals surface area contributed by atoms with Crippen molar-refractivity contribution in [2.45, 2.75) is 32.7 Å². The molecule has 0 spiro atoms. The Morgan fingerprint density at radius 1 is 1.07 bits per heavy atom. The Kier molecular flexibility index (Phi) is 4.75. The summed E-state index contributed by atoms with van der Waals surface area (Å²) >= 11 is 0. The van der Waals surface area contributed by atoms with E-state index in [0.717, 1.165) is 29.7 Å². The minimum atomic E-state index is -0.409. The Morgan fingerprint density at radius 2 is 1.81 bits per heavy atom. The van der Waals surface area contributed by atoms with Crippen molar-refractivity contribution < 1.29 is 9.52 Å². The smallest absolute Gasteiger partial charge is 0.336 e. The summed E-state index contributed by atoms with van der Waals surface area (Å²) in [6.07, 6.45) is 3.85. The minimum absolute atomic E-state index is 0.129. The van der Waals surface area contributed by atoms with Crippen LogP contribution < -0.4 is 15.8 Å². The molecule has 5 heteroatoms. The molecule has 0 bridgehead atoms. The molecule has 2 aromatic carbocycles. The van der Waals surface area contributed by atoms with Crippen LogP contribution in [0, 0.1) is 6.92 Å². The molecule has 3 aromatic rings. The molecule has 0 aliphatic carbocycles. The SMILES string of the molecule is Cc1c(O)ccc2c(CNc3ccc(N4CCCCC4)cc3)cc(=O)oc12. The molecule has 0 atom stereocenters. The van der Waals surface area contributed by atoms with E-state index in [1.165, 1.54) is 31.0 Å². The third-order valence-corrected chi connectivity index (χ3v) is 5.29. The number of hydrogen-bond donors (Lipinski definition) is 2. The summed E-state index contributed by atoms with van der Waals surface area (Å²) in [7, 11) is 0. The zero-order chi connectivity index (χ0) is 18.8. The molecule has 1 aliphatic rings. The Balaban J connectivity index is 1.53. The zero-order valence-corrected chi connectivity index (χ0v) is 15.5. The lowest BCUT2D eigenvalue weighted by atomic mass is 10.1. The molecule has 27 heavy (non-hydrogen) atoms. The fraction of sp³-hybridized carbons (Fsp3) is 0.318. The summed E-state index contributed by atoms with van der Waals surface area (Å²) in [5, 5.41) is 14.1. The number of benzene rings is 2. The second-order valence-electron chi connectivity index (χ2n) is 7.13. The van der Waals surface area contributed by atoms with Crippen LogP contribution >= 0.6 is 0 Å². The highest BCUT2D eigenvalue weighted by Crippen LogP contribution is 2.28. The molecule has 0 amide bonds. The van der Waals surface area contributed by atoms with E-state index in [0.29, 0.717) is 17.7 Å². The van der Waals surface area contributed by atoms with E-state index in [1.54, 1.807) is 19.1 Å². The first-order chi connectivity index (χ1) is 13.1. The Hall–Kier alpha value is -2.95. The molecule has 4 rings (SSSR count). The van der Waals surface area contributed by atoms with Crippen molar-refractivity contribution in [3.8, 4) is 5.75 Å². The van der Waals surface area contributed by atoms with Gasteiger partial charge in [-0.2, -0.15) is 0 Å². The summed E-state index contributed by atoms with van der Waals surface area (Å²) in [5.74, 6) is 0.129. The first-order valence-electron chi connectivity index (χ1n) is 9.46. The van der Waals surface area contributed by atoms with E-state index >= 15 is 0 Å². The number of nitrogens with one attached hydrogen (secondary N) is 1. The third kappa shape index (κ3) is 3.63. The number of phenolic OH excluding ortho intramolecular Hbond substituents is 1. The lowest BCUT2D eigenvalue weighted by Gasteiger charge is -2.28. The van der Waals surface area contributed by atoms with Gasteiger partial charge >= 0.3 is 5.63 Å². The van der Waals surface area contributed by atoms with Gasteiger partial charge in [0.05, 0.1) is 0 Å². The highest BCUT2D eigenvalue weighted by atomic mass is 16.4. The first kappa shape index (κ1) is 17.5. The number of aryl methyl sites for hydroxylation is 1. The maximum absolute atomic E-state index is 11.9. The molecular weight excluding hydrogens is 340 g/mol. The number of fused-ring (bicyclic) bond motifs is 1. The van der Waals surface area contributed by atoms with Gasteiger partial charge in [0.15, 0.2) is 0 Å². The van der Waals surface area contributed by atoms with E-state index in [9.17, 15) is 9.90 Å². The summed E-state index contributed by atoms with van der Waals surface area (Å²) in [4.78, 5) is 14.3. The molecule has 2 heterocycles. The van der Waals surface area contributed by atoms with Gasteiger partial charge in [-0.3, -0.25) is 0 Å². The van der Waals surface area contributed by atoms with E-state index in [2.05, 4.69) is 34.5 Å². The monoisotopic (exact) mass is 364 g/mol. The van der Waals surface area contributed by atoms with Crippen molar-refractivity contribution >= 4 is 22.3 Å². The fourth-order valence-electron chi connectivity index (χ4n) is 3.70. The highest BCUT2D eigenvalue weighted by Gasteiger charge is 2.12. The van der Waals surface area contributed by atoms with E-state index in [4.69, 9.17) is 4.42 Å². The Morgan fingerprint density at radius 3 is 2.56 bits per heavy atom. The molecule has 0 radical (unpaired) electrons.